The molecule has 2 unspecified atom stereocenters. The van der Waals surface area contributed by atoms with Gasteiger partial charge < -0.3 is 0 Å². The molecule has 1 saturated carbocycles. The van der Waals surface area contributed by atoms with Crippen LogP contribution in [0.2, 0.25) is 0 Å². The van der Waals surface area contributed by atoms with Crippen molar-refractivity contribution in [1.82, 2.24) is 0 Å². The van der Waals surface area contributed by atoms with Gasteiger partial charge in [0.25, 0.3) is 0 Å². The molecule has 0 aromatic heterocycles. The SMILES string of the molecule is CCSc1ccc(C(=O)C2CCCC(CC)C2)cc1. The summed E-state index contributed by atoms with van der Waals surface area (Å²) in [5, 5.41) is 0. The smallest absolute Gasteiger partial charge is 0.165 e. The molecule has 0 heterocycles. The highest BCUT2D eigenvalue weighted by Crippen LogP contribution is 2.33. The topological polar surface area (TPSA) is 17.1 Å². The molecule has 1 aromatic rings. The van der Waals surface area contributed by atoms with Crippen molar-refractivity contribution in [3.05, 3.63) is 29.8 Å². The van der Waals surface area contributed by atoms with E-state index < -0.39 is 0 Å². The number of thioether (sulfide) groups is 1. The van der Waals surface area contributed by atoms with Gasteiger partial charge in [0, 0.05) is 16.4 Å². The van der Waals surface area contributed by atoms with Crippen molar-refractivity contribution in [3.8, 4) is 0 Å². The van der Waals surface area contributed by atoms with Gasteiger partial charge in [-0.15, -0.1) is 11.8 Å². The Hall–Kier alpha value is -0.760. The first-order chi connectivity index (χ1) is 9.24. The molecule has 0 spiro atoms. The first-order valence-corrected chi connectivity index (χ1v) is 8.50. The van der Waals surface area contributed by atoms with Crippen molar-refractivity contribution in [3.63, 3.8) is 0 Å². The molecule has 1 aromatic carbocycles. The van der Waals surface area contributed by atoms with Crippen LogP contribution in [-0.4, -0.2) is 11.5 Å². The van der Waals surface area contributed by atoms with Crippen LogP contribution in [0.15, 0.2) is 29.2 Å². The summed E-state index contributed by atoms with van der Waals surface area (Å²) in [5.41, 5.74) is 0.905. The average molecular weight is 276 g/mol. The van der Waals surface area contributed by atoms with Gasteiger partial charge in [0.2, 0.25) is 0 Å². The number of Topliss-reactive ketones (excluding diaryl/α,β-unsaturated/α-hetero) is 1. The van der Waals surface area contributed by atoms with Crippen LogP contribution >= 0.6 is 11.8 Å². The van der Waals surface area contributed by atoms with Crippen LogP contribution in [0.5, 0.6) is 0 Å². The van der Waals surface area contributed by atoms with Gasteiger partial charge in [-0.2, -0.15) is 0 Å². The maximum atomic E-state index is 12.5. The van der Waals surface area contributed by atoms with Gasteiger partial charge in [-0.25, -0.2) is 0 Å². The van der Waals surface area contributed by atoms with Crippen molar-refractivity contribution in [2.75, 3.05) is 5.75 Å². The van der Waals surface area contributed by atoms with E-state index in [9.17, 15) is 4.79 Å². The lowest BCUT2D eigenvalue weighted by Crippen LogP contribution is -2.22. The van der Waals surface area contributed by atoms with Gasteiger partial charge in [-0.3, -0.25) is 4.79 Å². The molecular formula is C17H24OS. The summed E-state index contributed by atoms with van der Waals surface area (Å²) in [5.74, 6) is 2.47. The minimum Gasteiger partial charge on any atom is -0.294 e. The van der Waals surface area contributed by atoms with E-state index in [0.29, 0.717) is 5.78 Å². The molecule has 1 nitrogen and oxygen atoms in total. The average Bonchev–Trinajstić information content (AvgIpc) is 2.48. The molecule has 1 fully saturated rings. The number of hydrogen-bond donors (Lipinski definition) is 0. The lowest BCUT2D eigenvalue weighted by Gasteiger charge is -2.27. The van der Waals surface area contributed by atoms with Gasteiger partial charge in [-0.05, 0) is 36.6 Å². The third-order valence-corrected chi connectivity index (χ3v) is 5.07. The van der Waals surface area contributed by atoms with E-state index in [1.807, 2.05) is 23.9 Å². The highest BCUT2D eigenvalue weighted by Gasteiger charge is 2.26. The number of carbonyl (C=O) groups excluding carboxylic acids is 1. The molecule has 0 saturated heterocycles. The highest BCUT2D eigenvalue weighted by atomic mass is 32.2. The molecule has 0 aliphatic heterocycles. The van der Waals surface area contributed by atoms with Crippen molar-refractivity contribution in [2.45, 2.75) is 50.8 Å². The van der Waals surface area contributed by atoms with Crippen LogP contribution in [0.25, 0.3) is 0 Å². The second kappa shape index (κ2) is 7.14. The van der Waals surface area contributed by atoms with Gasteiger partial charge in [0.1, 0.15) is 0 Å². The monoisotopic (exact) mass is 276 g/mol. The Balaban J connectivity index is 2.02. The number of rotatable bonds is 5. The summed E-state index contributed by atoms with van der Waals surface area (Å²) in [4.78, 5) is 13.8. The van der Waals surface area contributed by atoms with Crippen LogP contribution in [0.1, 0.15) is 56.3 Å². The maximum Gasteiger partial charge on any atom is 0.165 e. The van der Waals surface area contributed by atoms with Crippen LogP contribution in [0.4, 0.5) is 0 Å². The Kier molecular flexibility index (Phi) is 5.50. The molecule has 0 N–H and O–H groups in total. The summed E-state index contributed by atoms with van der Waals surface area (Å²) in [6.07, 6.45) is 5.93. The van der Waals surface area contributed by atoms with Crippen molar-refractivity contribution >= 4 is 17.5 Å². The molecule has 0 bridgehead atoms. The fourth-order valence-electron chi connectivity index (χ4n) is 3.02. The maximum absolute atomic E-state index is 12.5. The number of carbonyl (C=O) groups is 1. The molecule has 0 amide bonds. The highest BCUT2D eigenvalue weighted by molar-refractivity contribution is 7.99. The first-order valence-electron chi connectivity index (χ1n) is 7.51. The molecule has 0 radical (unpaired) electrons. The lowest BCUT2D eigenvalue weighted by molar-refractivity contribution is 0.0862. The Morgan fingerprint density at radius 2 is 1.95 bits per heavy atom. The Bertz CT molecular complexity index is 410. The van der Waals surface area contributed by atoms with E-state index in [2.05, 4.69) is 26.0 Å². The van der Waals surface area contributed by atoms with E-state index in [4.69, 9.17) is 0 Å². The molecule has 1 aliphatic rings. The molecule has 2 rings (SSSR count). The van der Waals surface area contributed by atoms with Crippen LogP contribution in [-0.2, 0) is 0 Å². The van der Waals surface area contributed by atoms with E-state index in [1.165, 1.54) is 24.2 Å². The Morgan fingerprint density at radius 3 is 2.58 bits per heavy atom. The first kappa shape index (κ1) is 14.6. The van der Waals surface area contributed by atoms with Crippen molar-refractivity contribution in [2.24, 2.45) is 11.8 Å². The summed E-state index contributed by atoms with van der Waals surface area (Å²) in [6.45, 7) is 4.39. The van der Waals surface area contributed by atoms with Gasteiger partial charge >= 0.3 is 0 Å². The van der Waals surface area contributed by atoms with Crippen molar-refractivity contribution in [1.29, 1.82) is 0 Å². The quantitative estimate of drug-likeness (QED) is 0.543. The zero-order valence-electron chi connectivity index (χ0n) is 12.0. The minimum absolute atomic E-state index is 0.267. The van der Waals surface area contributed by atoms with E-state index in [0.717, 1.165) is 30.1 Å². The third kappa shape index (κ3) is 3.85. The normalized spacial score (nSPS) is 23.3. The zero-order valence-corrected chi connectivity index (χ0v) is 12.8. The molecule has 104 valence electrons. The number of ketones is 1. The summed E-state index contributed by atoms with van der Waals surface area (Å²) >= 11 is 1.82. The van der Waals surface area contributed by atoms with E-state index in [1.54, 1.807) is 0 Å². The standard InChI is InChI=1S/C17H24OS/c1-3-13-6-5-7-15(12-13)17(18)14-8-10-16(11-9-14)19-4-2/h8-11,13,15H,3-7,12H2,1-2H3. The fourth-order valence-corrected chi connectivity index (χ4v) is 3.68. The molecule has 1 aliphatic carbocycles. The summed E-state index contributed by atoms with van der Waals surface area (Å²) in [6, 6.07) is 8.19. The van der Waals surface area contributed by atoms with E-state index >= 15 is 0 Å². The van der Waals surface area contributed by atoms with Crippen LogP contribution in [0.3, 0.4) is 0 Å². The minimum atomic E-state index is 0.267. The molecular weight excluding hydrogens is 252 g/mol. The summed E-state index contributed by atoms with van der Waals surface area (Å²) < 4.78 is 0. The second-order valence-electron chi connectivity index (χ2n) is 5.46. The van der Waals surface area contributed by atoms with Gasteiger partial charge in [-0.1, -0.05) is 45.2 Å². The molecule has 19 heavy (non-hydrogen) atoms. The van der Waals surface area contributed by atoms with Crippen molar-refractivity contribution < 1.29 is 4.79 Å². The predicted molar refractivity (Wildman–Crippen MR) is 82.9 cm³/mol. The predicted octanol–water partition coefficient (Wildman–Crippen LogP) is 5.20. The number of benzene rings is 1. The number of hydrogen-bond acceptors (Lipinski definition) is 2. The van der Waals surface area contributed by atoms with Crippen LogP contribution < -0.4 is 0 Å². The lowest BCUT2D eigenvalue weighted by atomic mass is 9.77. The Morgan fingerprint density at radius 1 is 1.21 bits per heavy atom. The van der Waals surface area contributed by atoms with Gasteiger partial charge in [0.15, 0.2) is 5.78 Å². The third-order valence-electron chi connectivity index (χ3n) is 4.18. The Labute approximate surface area is 121 Å². The van der Waals surface area contributed by atoms with Gasteiger partial charge in [0.05, 0.1) is 0 Å². The van der Waals surface area contributed by atoms with Crippen LogP contribution in [0, 0.1) is 11.8 Å². The zero-order chi connectivity index (χ0) is 13.7. The molecule has 2 atom stereocenters. The largest absolute Gasteiger partial charge is 0.294 e. The second-order valence-corrected chi connectivity index (χ2v) is 6.80. The molecule has 2 heteroatoms. The fraction of sp³-hybridized carbons (Fsp3) is 0.588. The van der Waals surface area contributed by atoms with E-state index in [-0.39, 0.29) is 5.92 Å². The summed E-state index contributed by atoms with van der Waals surface area (Å²) in [7, 11) is 0.